The molecule has 0 aliphatic rings. The van der Waals surface area contributed by atoms with Gasteiger partial charge in [-0.3, -0.25) is 4.79 Å². The highest BCUT2D eigenvalue weighted by molar-refractivity contribution is 7.87. The largest absolute Gasteiger partial charge is 0.382 e. The van der Waals surface area contributed by atoms with Crippen LogP contribution in [-0.4, -0.2) is 37.6 Å². The number of rotatable bonds is 11. The van der Waals surface area contributed by atoms with Crippen molar-refractivity contribution in [1.29, 1.82) is 0 Å². The Labute approximate surface area is 173 Å². The Balaban J connectivity index is 1.97. The van der Waals surface area contributed by atoms with Gasteiger partial charge in [-0.2, -0.15) is 8.42 Å². The number of amides is 1. The predicted octanol–water partition coefficient (Wildman–Crippen LogP) is 3.76. The van der Waals surface area contributed by atoms with Crippen molar-refractivity contribution in [1.82, 2.24) is 4.90 Å². The van der Waals surface area contributed by atoms with Gasteiger partial charge in [-0.25, -0.2) is 0 Å². The minimum Gasteiger partial charge on any atom is -0.382 e. The second-order valence-corrected chi connectivity index (χ2v) is 8.69. The van der Waals surface area contributed by atoms with Gasteiger partial charge >= 0.3 is 10.1 Å². The quantitative estimate of drug-likeness (QED) is 0.519. The number of carbonyl (C=O) groups excluding carboxylic acids is 1. The van der Waals surface area contributed by atoms with Crippen LogP contribution in [0.1, 0.15) is 38.3 Å². The minimum absolute atomic E-state index is 0.00910. The lowest BCUT2D eigenvalue weighted by molar-refractivity contribution is -0.139. The maximum Gasteiger partial charge on any atom is 0.308 e. The van der Waals surface area contributed by atoms with Gasteiger partial charge in [0.1, 0.15) is 12.4 Å². The van der Waals surface area contributed by atoms with Crippen LogP contribution in [0.2, 0.25) is 0 Å². The normalized spacial score (nSPS) is 12.4. The average molecular weight is 420 g/mol. The summed E-state index contributed by atoms with van der Waals surface area (Å²) in [5.74, 6) is 0.0981. The Kier molecular flexibility index (Phi) is 8.67. The molecule has 1 atom stereocenters. The molecule has 0 aliphatic carbocycles. The molecule has 0 spiro atoms. The maximum atomic E-state index is 12.7. The Morgan fingerprint density at radius 3 is 2.24 bits per heavy atom. The van der Waals surface area contributed by atoms with Crippen LogP contribution in [0.15, 0.2) is 54.6 Å². The fraction of sp³-hybridized carbons (Fsp3) is 0.409. The van der Waals surface area contributed by atoms with E-state index in [4.69, 9.17) is 8.92 Å². The van der Waals surface area contributed by atoms with Crippen LogP contribution in [0.4, 0.5) is 0 Å². The number of nitrogens with zero attached hydrogens (tertiary/aromatic N) is 1. The first-order chi connectivity index (χ1) is 13.8. The monoisotopic (exact) mass is 419 g/mol. The summed E-state index contributed by atoms with van der Waals surface area (Å²) in [6.45, 7) is 6.37. The van der Waals surface area contributed by atoms with E-state index in [-0.39, 0.29) is 30.1 Å². The predicted molar refractivity (Wildman–Crippen MR) is 113 cm³/mol. The molecule has 2 aromatic rings. The first-order valence-corrected chi connectivity index (χ1v) is 11.3. The first kappa shape index (κ1) is 22.9. The van der Waals surface area contributed by atoms with E-state index in [1.54, 1.807) is 29.2 Å². The van der Waals surface area contributed by atoms with Crippen molar-refractivity contribution in [3.05, 3.63) is 65.7 Å². The Bertz CT molecular complexity index is 866. The first-order valence-electron chi connectivity index (χ1n) is 9.76. The standard InChI is InChI=1S/C22H29NO5S/c1-4-18(3)23(22(24)17-27-16-20-9-7-6-8-10-20)15-19-11-13-21(14-12-19)28-29(25,26)5-2/h6-14,18H,4-5,15-17H2,1-3H3/t18-/m1/s1. The van der Waals surface area contributed by atoms with Gasteiger partial charge in [-0.05, 0) is 43.5 Å². The van der Waals surface area contributed by atoms with Gasteiger partial charge in [0.15, 0.2) is 0 Å². The summed E-state index contributed by atoms with van der Waals surface area (Å²) in [6.07, 6.45) is 0.820. The molecule has 7 heteroatoms. The SMILES string of the molecule is CC[C@@H](C)N(Cc1ccc(OS(=O)(=O)CC)cc1)C(=O)COCc1ccccc1. The molecule has 0 aromatic heterocycles. The van der Waals surface area contributed by atoms with Crippen molar-refractivity contribution in [3.8, 4) is 5.75 Å². The summed E-state index contributed by atoms with van der Waals surface area (Å²) in [5.41, 5.74) is 1.91. The third kappa shape index (κ3) is 7.51. The van der Waals surface area contributed by atoms with Crippen molar-refractivity contribution in [2.75, 3.05) is 12.4 Å². The zero-order valence-corrected chi connectivity index (χ0v) is 18.0. The molecule has 0 heterocycles. The fourth-order valence-electron chi connectivity index (χ4n) is 2.68. The van der Waals surface area contributed by atoms with E-state index in [1.807, 2.05) is 44.2 Å². The zero-order chi connectivity index (χ0) is 21.3. The van der Waals surface area contributed by atoms with Crippen molar-refractivity contribution in [2.45, 2.75) is 46.4 Å². The molecule has 0 saturated carbocycles. The Morgan fingerprint density at radius 2 is 1.66 bits per heavy atom. The third-order valence-corrected chi connectivity index (χ3v) is 5.79. The van der Waals surface area contributed by atoms with Crippen molar-refractivity contribution in [3.63, 3.8) is 0 Å². The molecule has 6 nitrogen and oxygen atoms in total. The smallest absolute Gasteiger partial charge is 0.308 e. The number of hydrogen-bond acceptors (Lipinski definition) is 5. The van der Waals surface area contributed by atoms with E-state index >= 15 is 0 Å². The summed E-state index contributed by atoms with van der Waals surface area (Å²) >= 11 is 0. The summed E-state index contributed by atoms with van der Waals surface area (Å²) in [5, 5.41) is 0. The van der Waals surface area contributed by atoms with Gasteiger partial charge in [-0.15, -0.1) is 0 Å². The van der Waals surface area contributed by atoms with Gasteiger partial charge in [0.2, 0.25) is 5.91 Å². The summed E-state index contributed by atoms with van der Waals surface area (Å²) < 4.78 is 33.7. The van der Waals surface area contributed by atoms with Crippen LogP contribution in [-0.2, 0) is 32.8 Å². The van der Waals surface area contributed by atoms with Crippen LogP contribution in [0, 0.1) is 0 Å². The fourth-order valence-corrected chi connectivity index (χ4v) is 3.20. The van der Waals surface area contributed by atoms with E-state index in [9.17, 15) is 13.2 Å². The maximum absolute atomic E-state index is 12.7. The number of ether oxygens (including phenoxy) is 1. The van der Waals surface area contributed by atoms with Crippen LogP contribution < -0.4 is 4.18 Å². The summed E-state index contributed by atoms with van der Waals surface area (Å²) in [4.78, 5) is 14.5. The molecule has 0 radical (unpaired) electrons. The summed E-state index contributed by atoms with van der Waals surface area (Å²) in [7, 11) is -3.55. The number of benzene rings is 2. The van der Waals surface area contributed by atoms with E-state index in [0.29, 0.717) is 13.2 Å². The lowest BCUT2D eigenvalue weighted by atomic mass is 10.1. The molecule has 0 fully saturated rings. The molecule has 29 heavy (non-hydrogen) atoms. The topological polar surface area (TPSA) is 72.9 Å². The van der Waals surface area contributed by atoms with Gasteiger partial charge in [0, 0.05) is 12.6 Å². The molecule has 158 valence electrons. The van der Waals surface area contributed by atoms with Crippen LogP contribution in [0.3, 0.4) is 0 Å². The molecule has 2 aromatic carbocycles. The highest BCUT2D eigenvalue weighted by Crippen LogP contribution is 2.18. The van der Waals surface area contributed by atoms with E-state index in [1.165, 1.54) is 6.92 Å². The van der Waals surface area contributed by atoms with Crippen molar-refractivity contribution >= 4 is 16.0 Å². The highest BCUT2D eigenvalue weighted by atomic mass is 32.2. The van der Waals surface area contributed by atoms with Gasteiger partial charge < -0.3 is 13.8 Å². The van der Waals surface area contributed by atoms with Crippen molar-refractivity contribution in [2.24, 2.45) is 0 Å². The molecule has 1 amide bonds. The molecular weight excluding hydrogens is 390 g/mol. The average Bonchev–Trinajstić information content (AvgIpc) is 2.73. The second kappa shape index (κ2) is 11.0. The molecule has 2 rings (SSSR count). The Hall–Kier alpha value is -2.38. The van der Waals surface area contributed by atoms with E-state index in [0.717, 1.165) is 17.5 Å². The summed E-state index contributed by atoms with van der Waals surface area (Å²) in [6, 6.07) is 16.5. The molecule has 0 saturated heterocycles. The molecule has 0 unspecified atom stereocenters. The Morgan fingerprint density at radius 1 is 1.00 bits per heavy atom. The van der Waals surface area contributed by atoms with E-state index < -0.39 is 10.1 Å². The second-order valence-electron chi connectivity index (χ2n) is 6.83. The molecule has 0 bridgehead atoms. The van der Waals surface area contributed by atoms with E-state index in [2.05, 4.69) is 0 Å². The van der Waals surface area contributed by atoms with Gasteiger partial charge in [0.25, 0.3) is 0 Å². The lowest BCUT2D eigenvalue weighted by Crippen LogP contribution is -2.40. The number of hydrogen-bond donors (Lipinski definition) is 0. The lowest BCUT2D eigenvalue weighted by Gasteiger charge is -2.29. The minimum atomic E-state index is -3.55. The van der Waals surface area contributed by atoms with Gasteiger partial charge in [-0.1, -0.05) is 49.4 Å². The van der Waals surface area contributed by atoms with Crippen LogP contribution >= 0.6 is 0 Å². The highest BCUT2D eigenvalue weighted by Gasteiger charge is 2.19. The van der Waals surface area contributed by atoms with Gasteiger partial charge in [0.05, 0.1) is 12.4 Å². The molecular formula is C22H29NO5S. The van der Waals surface area contributed by atoms with Crippen LogP contribution in [0.25, 0.3) is 0 Å². The molecule has 0 N–H and O–H groups in total. The number of carbonyl (C=O) groups is 1. The zero-order valence-electron chi connectivity index (χ0n) is 17.2. The molecule has 0 aliphatic heterocycles. The third-order valence-electron chi connectivity index (χ3n) is 4.63. The van der Waals surface area contributed by atoms with Crippen molar-refractivity contribution < 1.29 is 22.1 Å². The van der Waals surface area contributed by atoms with Crippen LogP contribution in [0.5, 0.6) is 5.75 Å².